The van der Waals surface area contributed by atoms with Crippen LogP contribution in [0.4, 0.5) is 14.6 Å². The first-order valence-corrected chi connectivity index (χ1v) is 17.0. The fourth-order valence-corrected chi connectivity index (χ4v) is 8.93. The maximum atomic E-state index is 15.9. The minimum atomic E-state index is -1.56. The number of aromatic amines is 1. The number of rotatable bonds is 6. The lowest BCUT2D eigenvalue weighted by Crippen LogP contribution is -2.43. The van der Waals surface area contributed by atoms with E-state index in [2.05, 4.69) is 15.1 Å². The standard InChI is InChI=1S/C32H32ClF2N7O4S/c1-30(43)14-41(7-8-44-15-30)27-22-26-25(24(40-47-26)21-18-12-36-39-20(18)9-19(33)23(21)32(35)4-5-32)46-28(22)38-29(37-27)45-16-31-3-2-6-42(31)13-17(10-31)11-34/h9,11-12,43H,2-8,10,13-16H2,1H3,(H,36,39)/b17-11-/t30-,31-/m0/s1. The highest BCUT2D eigenvalue weighted by Crippen LogP contribution is 2.57. The normalized spacial score (nSPS) is 27.0. The number of hydrogen-bond acceptors (Lipinski definition) is 11. The van der Waals surface area contributed by atoms with Crippen molar-refractivity contribution in [2.75, 3.05) is 50.9 Å². The molecule has 9 rings (SSSR count). The fourth-order valence-electron chi connectivity index (χ4n) is 7.70. The molecular weight excluding hydrogens is 652 g/mol. The van der Waals surface area contributed by atoms with Gasteiger partial charge in [0.2, 0.25) is 5.71 Å². The number of furan rings is 1. The van der Waals surface area contributed by atoms with Gasteiger partial charge in [-0.25, -0.2) is 8.78 Å². The Kier molecular flexibility index (Phi) is 6.65. The molecule has 1 aliphatic carbocycles. The number of aromatic nitrogens is 5. The molecule has 1 saturated carbocycles. The van der Waals surface area contributed by atoms with Crippen molar-refractivity contribution in [1.82, 2.24) is 29.4 Å². The highest BCUT2D eigenvalue weighted by Gasteiger charge is 2.50. The van der Waals surface area contributed by atoms with E-state index in [4.69, 9.17) is 39.8 Å². The molecule has 2 N–H and O–H groups in total. The second-order valence-electron chi connectivity index (χ2n) is 13.7. The number of H-pyrrole nitrogens is 1. The summed E-state index contributed by atoms with van der Waals surface area (Å²) in [6.07, 6.45) is 5.59. The molecule has 15 heteroatoms. The van der Waals surface area contributed by atoms with Crippen molar-refractivity contribution in [2.24, 2.45) is 0 Å². The van der Waals surface area contributed by atoms with Gasteiger partial charge in [-0.3, -0.25) is 10.00 Å². The van der Waals surface area contributed by atoms with E-state index in [0.717, 1.165) is 25.0 Å². The number of anilines is 1. The molecule has 0 bridgehead atoms. The molecule has 7 heterocycles. The quantitative estimate of drug-likeness (QED) is 0.219. The molecule has 246 valence electrons. The van der Waals surface area contributed by atoms with Gasteiger partial charge < -0.3 is 23.9 Å². The molecule has 0 spiro atoms. The van der Waals surface area contributed by atoms with E-state index in [1.54, 1.807) is 19.2 Å². The van der Waals surface area contributed by atoms with Gasteiger partial charge in [-0.05, 0) is 68.7 Å². The van der Waals surface area contributed by atoms with E-state index in [0.29, 0.717) is 106 Å². The lowest BCUT2D eigenvalue weighted by molar-refractivity contribution is -0.0123. The summed E-state index contributed by atoms with van der Waals surface area (Å²) >= 11 is 7.93. The Hall–Kier alpha value is -3.43. The highest BCUT2D eigenvalue weighted by atomic mass is 35.5. The Labute approximate surface area is 276 Å². The van der Waals surface area contributed by atoms with Crippen molar-refractivity contribution < 1.29 is 27.8 Å². The summed E-state index contributed by atoms with van der Waals surface area (Å²) in [7, 11) is 0. The maximum Gasteiger partial charge on any atom is 0.321 e. The van der Waals surface area contributed by atoms with Crippen LogP contribution in [-0.2, 0) is 10.4 Å². The molecule has 5 aromatic rings. The first-order valence-electron chi connectivity index (χ1n) is 15.8. The maximum absolute atomic E-state index is 15.9. The molecule has 4 aliphatic rings. The van der Waals surface area contributed by atoms with Crippen LogP contribution in [0.25, 0.3) is 43.5 Å². The third-order valence-corrected chi connectivity index (χ3v) is 11.2. The van der Waals surface area contributed by atoms with Crippen LogP contribution in [0.2, 0.25) is 5.02 Å². The van der Waals surface area contributed by atoms with E-state index in [1.807, 2.05) is 4.90 Å². The molecule has 3 aliphatic heterocycles. The number of hydrogen-bond donors (Lipinski definition) is 2. The van der Waals surface area contributed by atoms with Crippen molar-refractivity contribution in [3.8, 4) is 17.3 Å². The number of benzene rings is 1. The number of β-amino-alcohol motifs (C(OH)–C–C–N with tert-alkyl or cyclic N) is 1. The van der Waals surface area contributed by atoms with Gasteiger partial charge in [-0.2, -0.15) is 19.4 Å². The predicted octanol–water partition coefficient (Wildman–Crippen LogP) is 6.05. The summed E-state index contributed by atoms with van der Waals surface area (Å²) in [6, 6.07) is 1.82. The van der Waals surface area contributed by atoms with Crippen molar-refractivity contribution in [3.05, 3.63) is 34.8 Å². The van der Waals surface area contributed by atoms with E-state index < -0.39 is 11.3 Å². The first kappa shape index (κ1) is 29.7. The van der Waals surface area contributed by atoms with Crippen LogP contribution >= 0.6 is 23.1 Å². The van der Waals surface area contributed by atoms with Gasteiger partial charge in [-0.1, -0.05) is 11.6 Å². The zero-order valence-electron chi connectivity index (χ0n) is 25.6. The lowest BCUT2D eigenvalue weighted by atomic mass is 9.94. The lowest BCUT2D eigenvalue weighted by Gasteiger charge is -2.31. The topological polar surface area (TPSA) is 126 Å². The molecule has 11 nitrogen and oxygen atoms in total. The summed E-state index contributed by atoms with van der Waals surface area (Å²) in [6.45, 7) is 4.76. The number of halogens is 3. The number of alkyl halides is 1. The molecule has 4 aromatic heterocycles. The molecule has 1 aromatic carbocycles. The van der Waals surface area contributed by atoms with Crippen LogP contribution in [-0.4, -0.2) is 91.7 Å². The molecule has 0 unspecified atom stereocenters. The number of nitrogens with one attached hydrogen (secondary N) is 1. The van der Waals surface area contributed by atoms with Gasteiger partial charge in [0.25, 0.3) is 0 Å². The summed E-state index contributed by atoms with van der Waals surface area (Å²) in [5.74, 6) is 0.519. The molecule has 0 amide bonds. The van der Waals surface area contributed by atoms with E-state index >= 15 is 4.39 Å². The van der Waals surface area contributed by atoms with Gasteiger partial charge in [0.1, 0.15) is 39.5 Å². The summed E-state index contributed by atoms with van der Waals surface area (Å²) in [4.78, 5) is 13.9. The number of aliphatic hydroxyl groups is 1. The molecule has 47 heavy (non-hydrogen) atoms. The third kappa shape index (κ3) is 4.74. The minimum Gasteiger partial charge on any atom is -0.461 e. The molecule has 4 fully saturated rings. The largest absolute Gasteiger partial charge is 0.461 e. The van der Waals surface area contributed by atoms with Crippen molar-refractivity contribution in [2.45, 2.75) is 55.8 Å². The summed E-state index contributed by atoms with van der Waals surface area (Å²) in [5, 5.41) is 19.8. The van der Waals surface area contributed by atoms with E-state index in [1.165, 1.54) is 11.5 Å². The van der Waals surface area contributed by atoms with Crippen molar-refractivity contribution >= 4 is 61.2 Å². The van der Waals surface area contributed by atoms with E-state index in [9.17, 15) is 9.50 Å². The molecular formula is C32H32ClF2N7O4S. The van der Waals surface area contributed by atoms with Crippen LogP contribution in [0.5, 0.6) is 6.01 Å². The summed E-state index contributed by atoms with van der Waals surface area (Å²) in [5.41, 5.74) is 0.499. The zero-order chi connectivity index (χ0) is 32.1. The van der Waals surface area contributed by atoms with E-state index in [-0.39, 0.29) is 30.4 Å². The minimum absolute atomic E-state index is 0.119. The summed E-state index contributed by atoms with van der Waals surface area (Å²) < 4.78 is 53.5. The Balaban J connectivity index is 1.20. The predicted molar refractivity (Wildman–Crippen MR) is 174 cm³/mol. The number of fused-ring (bicyclic) bond motifs is 5. The van der Waals surface area contributed by atoms with Crippen molar-refractivity contribution in [1.29, 1.82) is 0 Å². The highest BCUT2D eigenvalue weighted by molar-refractivity contribution is 7.14. The van der Waals surface area contributed by atoms with Crippen molar-refractivity contribution in [3.63, 3.8) is 0 Å². The van der Waals surface area contributed by atoms with Gasteiger partial charge in [-0.15, -0.1) is 0 Å². The number of nitrogens with zero attached hydrogens (tertiary/aromatic N) is 6. The Morgan fingerprint density at radius 1 is 1.26 bits per heavy atom. The first-order chi connectivity index (χ1) is 22.7. The van der Waals surface area contributed by atoms with Crippen LogP contribution in [0.1, 0.15) is 44.6 Å². The average molecular weight is 684 g/mol. The van der Waals surface area contributed by atoms with Crippen LogP contribution in [0, 0.1) is 0 Å². The fraction of sp³-hybridized carbons (Fsp3) is 0.500. The SMILES string of the molecule is C[C@@]1(O)COCCN(c2nc(OC[C@@]34CCCN3C/C(=C\F)C4)nc3oc4c(-c5c(C6(F)CC6)c(Cl)cc6[nH]ncc56)nsc4c23)C1. The second-order valence-corrected chi connectivity index (χ2v) is 14.8. The Bertz CT molecular complexity index is 2090. The third-order valence-electron chi connectivity index (χ3n) is 10.0. The average Bonchev–Trinajstić information content (AvgIpc) is 3.51. The molecule has 3 saturated heterocycles. The molecule has 0 radical (unpaired) electrons. The number of ether oxygens (including phenoxy) is 2. The zero-order valence-corrected chi connectivity index (χ0v) is 27.2. The Morgan fingerprint density at radius 3 is 2.96 bits per heavy atom. The van der Waals surface area contributed by atoms with Crippen LogP contribution in [0.15, 0.2) is 28.6 Å². The monoisotopic (exact) mass is 683 g/mol. The Morgan fingerprint density at radius 2 is 2.13 bits per heavy atom. The smallest absolute Gasteiger partial charge is 0.321 e. The van der Waals surface area contributed by atoms with Crippen LogP contribution < -0.4 is 9.64 Å². The van der Waals surface area contributed by atoms with Gasteiger partial charge in [0.05, 0.1) is 43.3 Å². The van der Waals surface area contributed by atoms with Gasteiger partial charge in [0, 0.05) is 34.6 Å². The molecule has 2 atom stereocenters. The van der Waals surface area contributed by atoms with Crippen LogP contribution in [0.3, 0.4) is 0 Å². The van der Waals surface area contributed by atoms with Gasteiger partial charge >= 0.3 is 6.01 Å². The van der Waals surface area contributed by atoms with Gasteiger partial charge in [0.15, 0.2) is 5.58 Å². The second kappa shape index (κ2) is 10.5.